The van der Waals surface area contributed by atoms with E-state index in [0.29, 0.717) is 17.1 Å². The Balaban J connectivity index is 1.66. The van der Waals surface area contributed by atoms with Crippen LogP contribution < -0.4 is 0 Å². The summed E-state index contributed by atoms with van der Waals surface area (Å²) in [7, 11) is -3.23. The van der Waals surface area contributed by atoms with Gasteiger partial charge in [0, 0.05) is 23.6 Å². The molecule has 0 amide bonds. The van der Waals surface area contributed by atoms with Gasteiger partial charge in [-0.2, -0.15) is 5.10 Å². The monoisotopic (exact) mass is 454 g/mol. The molecule has 158 valence electrons. The normalized spacial score (nSPS) is 11.7. The number of hydrogen-bond acceptors (Lipinski definition) is 4. The highest BCUT2D eigenvalue weighted by Gasteiger charge is 2.13. The molecule has 0 aliphatic carbocycles. The predicted molar refractivity (Wildman–Crippen MR) is 121 cm³/mol. The maximum absolute atomic E-state index is 11.6. The number of carboxylic acids is 1. The fraction of sp³-hybridized carbons (Fsp3) is 0.130. The molecule has 4 aromatic rings. The summed E-state index contributed by atoms with van der Waals surface area (Å²) in [4.78, 5) is 11.2. The molecule has 0 bridgehead atoms. The highest BCUT2D eigenvalue weighted by Crippen LogP contribution is 2.34. The number of rotatable bonds is 6. The molecule has 0 aliphatic rings. The average Bonchev–Trinajstić information content (AvgIpc) is 3.13. The van der Waals surface area contributed by atoms with Crippen molar-refractivity contribution in [1.82, 2.24) is 10.2 Å². The number of nitrogens with zero attached hydrogens (tertiary/aromatic N) is 1. The summed E-state index contributed by atoms with van der Waals surface area (Å²) in [6, 6.07) is 18.3. The van der Waals surface area contributed by atoms with E-state index in [9.17, 15) is 13.2 Å². The molecule has 0 saturated carbocycles. The minimum Gasteiger partial charge on any atom is -0.481 e. The van der Waals surface area contributed by atoms with Crippen molar-refractivity contribution in [3.05, 3.63) is 71.4 Å². The maximum atomic E-state index is 11.6. The zero-order valence-electron chi connectivity index (χ0n) is 16.6. The van der Waals surface area contributed by atoms with Gasteiger partial charge in [0.15, 0.2) is 9.84 Å². The number of benzene rings is 3. The number of carbonyl (C=O) groups is 1. The molecule has 6 nitrogen and oxygen atoms in total. The summed E-state index contributed by atoms with van der Waals surface area (Å²) in [5.74, 6) is -0.870. The van der Waals surface area contributed by atoms with Crippen LogP contribution in [-0.4, -0.2) is 35.9 Å². The Morgan fingerprint density at radius 2 is 1.58 bits per heavy atom. The van der Waals surface area contributed by atoms with Gasteiger partial charge in [-0.25, -0.2) is 8.42 Å². The van der Waals surface area contributed by atoms with Crippen LogP contribution in [-0.2, 0) is 21.1 Å². The van der Waals surface area contributed by atoms with Crippen molar-refractivity contribution in [2.75, 3.05) is 6.26 Å². The second-order valence-electron chi connectivity index (χ2n) is 7.32. The van der Waals surface area contributed by atoms with Crippen molar-refractivity contribution >= 4 is 38.3 Å². The number of aliphatic carboxylic acids is 1. The average molecular weight is 455 g/mol. The molecule has 0 spiro atoms. The van der Waals surface area contributed by atoms with Gasteiger partial charge < -0.3 is 5.11 Å². The van der Waals surface area contributed by atoms with E-state index in [-0.39, 0.29) is 11.3 Å². The Kier molecular flexibility index (Phi) is 5.56. The smallest absolute Gasteiger partial charge is 0.303 e. The van der Waals surface area contributed by atoms with Crippen LogP contribution in [0.5, 0.6) is 0 Å². The molecule has 8 heteroatoms. The van der Waals surface area contributed by atoms with E-state index in [0.717, 1.165) is 33.2 Å². The number of aromatic nitrogens is 2. The number of carboxylic acid groups (broad SMARTS) is 1. The Bertz CT molecular complexity index is 1380. The summed E-state index contributed by atoms with van der Waals surface area (Å²) in [5.41, 5.74) is 5.05. The predicted octanol–water partition coefficient (Wildman–Crippen LogP) is 4.97. The lowest BCUT2D eigenvalue weighted by Gasteiger charge is -2.08. The molecule has 3 aromatic carbocycles. The molecular weight excluding hydrogens is 436 g/mol. The van der Waals surface area contributed by atoms with E-state index in [2.05, 4.69) is 10.2 Å². The molecule has 1 aromatic heterocycles. The second kappa shape index (κ2) is 8.17. The summed E-state index contributed by atoms with van der Waals surface area (Å²) in [6.07, 6.45) is 1.52. The number of hydrogen-bond donors (Lipinski definition) is 2. The number of aryl methyl sites for hydroxylation is 1. The zero-order valence-corrected chi connectivity index (χ0v) is 18.2. The molecule has 0 saturated heterocycles. The molecule has 0 radical (unpaired) electrons. The van der Waals surface area contributed by atoms with Crippen LogP contribution in [0.3, 0.4) is 0 Å². The van der Waals surface area contributed by atoms with Crippen LogP contribution in [0, 0.1) is 0 Å². The first-order chi connectivity index (χ1) is 14.7. The summed E-state index contributed by atoms with van der Waals surface area (Å²) < 4.78 is 23.3. The van der Waals surface area contributed by atoms with Crippen molar-refractivity contribution in [3.63, 3.8) is 0 Å². The van der Waals surface area contributed by atoms with E-state index in [1.807, 2.05) is 30.3 Å². The molecule has 0 atom stereocenters. The van der Waals surface area contributed by atoms with Crippen molar-refractivity contribution < 1.29 is 18.3 Å². The third-order valence-electron chi connectivity index (χ3n) is 5.12. The van der Waals surface area contributed by atoms with Gasteiger partial charge >= 0.3 is 5.97 Å². The van der Waals surface area contributed by atoms with Crippen molar-refractivity contribution in [1.29, 1.82) is 0 Å². The van der Waals surface area contributed by atoms with Gasteiger partial charge in [0.25, 0.3) is 0 Å². The van der Waals surface area contributed by atoms with Gasteiger partial charge in [-0.05, 0) is 41.0 Å². The molecule has 1 heterocycles. The number of aromatic amines is 1. The Morgan fingerprint density at radius 3 is 2.16 bits per heavy atom. The van der Waals surface area contributed by atoms with Gasteiger partial charge in [-0.1, -0.05) is 48.0 Å². The molecule has 0 unspecified atom stereocenters. The van der Waals surface area contributed by atoms with Crippen LogP contribution in [0.4, 0.5) is 0 Å². The van der Waals surface area contributed by atoms with Crippen LogP contribution >= 0.6 is 11.6 Å². The molecular formula is C23H19ClN2O4S. The first kappa shape index (κ1) is 21.1. The van der Waals surface area contributed by atoms with Crippen LogP contribution in [0.2, 0.25) is 5.02 Å². The minimum atomic E-state index is -3.23. The summed E-state index contributed by atoms with van der Waals surface area (Å²) in [6.45, 7) is 0. The SMILES string of the molecule is CS(=O)(=O)c1ccc(-c2ccc(-c3cc4c(CCC(=O)O)n[nH]c4cc3Cl)cc2)cc1. The van der Waals surface area contributed by atoms with Crippen LogP contribution in [0.1, 0.15) is 12.1 Å². The van der Waals surface area contributed by atoms with E-state index >= 15 is 0 Å². The molecule has 31 heavy (non-hydrogen) atoms. The molecule has 0 aliphatic heterocycles. The standard InChI is InChI=1S/C23H19ClN2O4S/c1-31(29,30)17-8-6-15(7-9-17)14-2-4-16(5-3-14)18-12-19-21(10-11-23(27)28)25-26-22(19)13-20(18)24/h2-9,12-13H,10-11H2,1H3,(H,25,26)(H,27,28). The van der Waals surface area contributed by atoms with Crippen molar-refractivity contribution in [2.45, 2.75) is 17.7 Å². The fourth-order valence-electron chi connectivity index (χ4n) is 3.47. The quantitative estimate of drug-likeness (QED) is 0.428. The third-order valence-corrected chi connectivity index (χ3v) is 6.56. The Morgan fingerprint density at radius 1 is 1.00 bits per heavy atom. The molecule has 0 fully saturated rings. The number of nitrogens with one attached hydrogen (secondary N) is 1. The summed E-state index contributed by atoms with van der Waals surface area (Å²) in [5, 5.41) is 17.5. The van der Waals surface area contributed by atoms with Gasteiger partial charge in [0.1, 0.15) is 0 Å². The summed E-state index contributed by atoms with van der Waals surface area (Å²) >= 11 is 6.49. The van der Waals surface area contributed by atoms with Crippen molar-refractivity contribution in [3.8, 4) is 22.3 Å². The van der Waals surface area contributed by atoms with E-state index in [1.54, 1.807) is 30.3 Å². The Hall–Kier alpha value is -3.16. The lowest BCUT2D eigenvalue weighted by molar-refractivity contribution is -0.136. The van der Waals surface area contributed by atoms with Crippen LogP contribution in [0.25, 0.3) is 33.2 Å². The largest absolute Gasteiger partial charge is 0.481 e. The number of sulfone groups is 1. The van der Waals surface area contributed by atoms with E-state index < -0.39 is 15.8 Å². The van der Waals surface area contributed by atoms with Gasteiger partial charge in [0.05, 0.1) is 27.5 Å². The minimum absolute atomic E-state index is 0.00469. The van der Waals surface area contributed by atoms with Crippen molar-refractivity contribution in [2.24, 2.45) is 0 Å². The highest BCUT2D eigenvalue weighted by atomic mass is 35.5. The zero-order chi connectivity index (χ0) is 22.2. The molecule has 4 rings (SSSR count). The third kappa shape index (κ3) is 4.47. The lowest BCUT2D eigenvalue weighted by Crippen LogP contribution is -1.98. The first-order valence-electron chi connectivity index (χ1n) is 9.51. The number of H-pyrrole nitrogens is 1. The first-order valence-corrected chi connectivity index (χ1v) is 11.8. The Labute approximate surface area is 184 Å². The fourth-order valence-corrected chi connectivity index (χ4v) is 4.37. The maximum Gasteiger partial charge on any atom is 0.303 e. The van der Waals surface area contributed by atoms with E-state index in [4.69, 9.17) is 16.7 Å². The second-order valence-corrected chi connectivity index (χ2v) is 9.74. The van der Waals surface area contributed by atoms with Gasteiger partial charge in [0.2, 0.25) is 0 Å². The highest BCUT2D eigenvalue weighted by molar-refractivity contribution is 7.90. The topological polar surface area (TPSA) is 100 Å². The van der Waals surface area contributed by atoms with Gasteiger partial charge in [-0.3, -0.25) is 9.89 Å². The van der Waals surface area contributed by atoms with Crippen LogP contribution in [0.15, 0.2) is 65.6 Å². The van der Waals surface area contributed by atoms with E-state index in [1.165, 1.54) is 6.26 Å². The molecule has 2 N–H and O–H groups in total. The lowest BCUT2D eigenvalue weighted by atomic mass is 9.98. The number of fused-ring (bicyclic) bond motifs is 1. The number of halogens is 1. The van der Waals surface area contributed by atoms with Gasteiger partial charge in [-0.15, -0.1) is 0 Å².